The SMILES string of the molecule is CCC(CC(C)C)CC(C)C(N)=O.CCC(CC(C)C)CC(C)C(N)=O.CCC(CC(C)C)CC(C)C(N)=O.CCC(CC(C)C)CC(C)C(N)=O.O=C(O)CC(C(=O)O)C(CC(=O)O)C(=O)O. The van der Waals surface area contributed by atoms with Crippen LogP contribution in [0.2, 0.25) is 0 Å². The summed E-state index contributed by atoms with van der Waals surface area (Å²) in [5.74, 6) is -4.86. The maximum Gasteiger partial charge on any atom is 0.307 e. The molecule has 402 valence electrons. The van der Waals surface area contributed by atoms with E-state index in [0.29, 0.717) is 47.3 Å². The number of rotatable bonds is 31. The van der Waals surface area contributed by atoms with Gasteiger partial charge in [0, 0.05) is 23.7 Å². The highest BCUT2D eigenvalue weighted by molar-refractivity contribution is 5.86. The molecule has 10 unspecified atom stereocenters. The van der Waals surface area contributed by atoms with Crippen molar-refractivity contribution in [1.82, 2.24) is 0 Å². The predicted octanol–water partition coefficient (Wildman–Crippen LogP) is 9.62. The van der Waals surface area contributed by atoms with Gasteiger partial charge in [-0.05, 0) is 98.7 Å². The largest absolute Gasteiger partial charge is 0.481 e. The highest BCUT2D eigenvalue weighted by atomic mass is 16.4. The first-order chi connectivity index (χ1) is 31.1. The number of nitrogens with two attached hydrogens (primary N) is 4. The van der Waals surface area contributed by atoms with E-state index in [1.807, 2.05) is 27.7 Å². The molecule has 0 saturated heterocycles. The van der Waals surface area contributed by atoms with Crippen molar-refractivity contribution >= 4 is 47.5 Å². The van der Waals surface area contributed by atoms with E-state index >= 15 is 0 Å². The Kier molecular flexibility index (Phi) is 44.6. The van der Waals surface area contributed by atoms with Crippen molar-refractivity contribution in [3.63, 3.8) is 0 Å². The second-order valence-electron chi connectivity index (χ2n) is 20.9. The van der Waals surface area contributed by atoms with Gasteiger partial charge in [-0.3, -0.25) is 38.4 Å². The summed E-state index contributed by atoms with van der Waals surface area (Å²) in [7, 11) is 0. The molecule has 16 heteroatoms. The molecule has 0 radical (unpaired) electrons. The van der Waals surface area contributed by atoms with Gasteiger partial charge >= 0.3 is 23.9 Å². The lowest BCUT2D eigenvalue weighted by atomic mass is 9.87. The van der Waals surface area contributed by atoms with Crippen LogP contribution in [-0.2, 0) is 38.4 Å². The molecular weight excluding hydrogens is 873 g/mol. The first kappa shape index (κ1) is 72.7. The zero-order chi connectivity index (χ0) is 54.6. The first-order valence-corrected chi connectivity index (χ1v) is 25.2. The van der Waals surface area contributed by atoms with Gasteiger partial charge in [-0.1, -0.05) is 136 Å². The van der Waals surface area contributed by atoms with Crippen molar-refractivity contribution in [2.24, 2.45) is 106 Å². The fourth-order valence-corrected chi connectivity index (χ4v) is 8.03. The molecule has 0 aliphatic heterocycles. The van der Waals surface area contributed by atoms with Gasteiger partial charge in [-0.15, -0.1) is 0 Å². The molecular formula is C52H102N4O12. The molecule has 0 spiro atoms. The molecule has 0 aromatic rings. The van der Waals surface area contributed by atoms with Crippen LogP contribution in [-0.4, -0.2) is 67.9 Å². The number of carboxylic acid groups (broad SMARTS) is 4. The zero-order valence-corrected chi connectivity index (χ0v) is 45.3. The standard InChI is InChI=1S/4C11H23NO.C8H10O8/c4*1-5-10(6-8(2)3)7-9(4)11(12)13;9-5(10)1-3(7(13)14)4(8(15)16)2-6(11)12/h4*8-10H,5-7H2,1-4H3,(H2,12,13);3-4H,1-2H2,(H,9,10)(H,11,12)(H,13,14)(H,15,16). The molecule has 10 atom stereocenters. The van der Waals surface area contributed by atoms with Gasteiger partial charge in [-0.2, -0.15) is 0 Å². The molecule has 0 rings (SSSR count). The molecule has 0 fully saturated rings. The van der Waals surface area contributed by atoms with E-state index in [2.05, 4.69) is 83.1 Å². The second-order valence-corrected chi connectivity index (χ2v) is 20.9. The lowest BCUT2D eigenvalue weighted by Crippen LogP contribution is -2.33. The third kappa shape index (κ3) is 44.3. The van der Waals surface area contributed by atoms with Gasteiger partial charge in [0.05, 0.1) is 24.7 Å². The van der Waals surface area contributed by atoms with Crippen molar-refractivity contribution in [2.75, 3.05) is 0 Å². The Balaban J connectivity index is -0.000000244. The molecule has 16 nitrogen and oxygen atoms in total. The highest BCUT2D eigenvalue weighted by Gasteiger charge is 2.37. The molecule has 0 aromatic heterocycles. The summed E-state index contributed by atoms with van der Waals surface area (Å²) in [5.41, 5.74) is 20.9. The monoisotopic (exact) mass is 975 g/mol. The van der Waals surface area contributed by atoms with E-state index in [4.69, 9.17) is 43.4 Å². The zero-order valence-electron chi connectivity index (χ0n) is 45.3. The van der Waals surface area contributed by atoms with Crippen LogP contribution in [0.15, 0.2) is 0 Å². The third-order valence-corrected chi connectivity index (χ3v) is 12.1. The molecule has 0 bridgehead atoms. The van der Waals surface area contributed by atoms with Gasteiger partial charge in [-0.25, -0.2) is 0 Å². The molecule has 0 aliphatic rings. The van der Waals surface area contributed by atoms with Crippen molar-refractivity contribution in [3.8, 4) is 0 Å². The molecule has 68 heavy (non-hydrogen) atoms. The molecule has 0 aromatic carbocycles. The van der Waals surface area contributed by atoms with Crippen LogP contribution in [0.5, 0.6) is 0 Å². The topological polar surface area (TPSA) is 322 Å². The van der Waals surface area contributed by atoms with E-state index in [-0.39, 0.29) is 47.3 Å². The van der Waals surface area contributed by atoms with Crippen molar-refractivity contribution in [3.05, 3.63) is 0 Å². The molecule has 4 amide bonds. The second kappa shape index (κ2) is 41.7. The Morgan fingerprint density at radius 1 is 0.324 bits per heavy atom. The summed E-state index contributed by atoms with van der Waals surface area (Å²) in [6, 6.07) is 0. The smallest absolute Gasteiger partial charge is 0.307 e. The summed E-state index contributed by atoms with van der Waals surface area (Å²) >= 11 is 0. The first-order valence-electron chi connectivity index (χ1n) is 25.2. The van der Waals surface area contributed by atoms with E-state index in [9.17, 15) is 38.4 Å². The van der Waals surface area contributed by atoms with Crippen LogP contribution in [0.1, 0.15) is 201 Å². The molecule has 0 saturated carbocycles. The van der Waals surface area contributed by atoms with Crippen LogP contribution in [0.3, 0.4) is 0 Å². The van der Waals surface area contributed by atoms with Gasteiger partial charge in [0.2, 0.25) is 23.6 Å². The lowest BCUT2D eigenvalue weighted by molar-refractivity contribution is -0.160. The number of amides is 4. The number of primary amides is 4. The Bertz CT molecular complexity index is 1240. The number of hydrogen-bond donors (Lipinski definition) is 8. The minimum atomic E-state index is -1.76. The van der Waals surface area contributed by atoms with Gasteiger partial charge in [0.1, 0.15) is 0 Å². The third-order valence-electron chi connectivity index (χ3n) is 12.1. The van der Waals surface area contributed by atoms with Gasteiger partial charge in [0.25, 0.3) is 0 Å². The number of aliphatic carboxylic acids is 4. The summed E-state index contributed by atoms with van der Waals surface area (Å²) in [5, 5.41) is 34.1. The summed E-state index contributed by atoms with van der Waals surface area (Å²) in [4.78, 5) is 85.4. The maximum absolute atomic E-state index is 10.9. The Morgan fingerprint density at radius 3 is 0.574 bits per heavy atom. The number of carboxylic acids is 4. The van der Waals surface area contributed by atoms with Crippen LogP contribution < -0.4 is 22.9 Å². The number of carbonyl (C=O) groups excluding carboxylic acids is 4. The minimum absolute atomic E-state index is 0.0312. The fourth-order valence-electron chi connectivity index (χ4n) is 8.03. The van der Waals surface area contributed by atoms with Crippen molar-refractivity contribution in [1.29, 1.82) is 0 Å². The predicted molar refractivity (Wildman–Crippen MR) is 272 cm³/mol. The highest BCUT2D eigenvalue weighted by Crippen LogP contribution is 2.26. The van der Waals surface area contributed by atoms with Crippen LogP contribution in [0, 0.1) is 82.9 Å². The molecule has 0 aliphatic carbocycles. The maximum atomic E-state index is 10.9. The normalized spacial score (nSPS) is 15.3. The Hall–Kier alpha value is -4.24. The lowest BCUT2D eigenvalue weighted by Gasteiger charge is -2.19. The quantitative estimate of drug-likeness (QED) is 0.0322. The van der Waals surface area contributed by atoms with Crippen molar-refractivity contribution < 1.29 is 58.8 Å². The molecule has 12 N–H and O–H groups in total. The van der Waals surface area contributed by atoms with Gasteiger partial charge < -0.3 is 43.4 Å². The van der Waals surface area contributed by atoms with E-state index in [1.165, 1.54) is 25.7 Å². The molecule has 0 heterocycles. The minimum Gasteiger partial charge on any atom is -0.481 e. The summed E-state index contributed by atoms with van der Waals surface area (Å²) in [6.07, 6.45) is 11.3. The fraction of sp³-hybridized carbons (Fsp3) is 0.846. The summed E-state index contributed by atoms with van der Waals surface area (Å²) < 4.78 is 0. The summed E-state index contributed by atoms with van der Waals surface area (Å²) in [6.45, 7) is 34.2. The average molecular weight is 975 g/mol. The van der Waals surface area contributed by atoms with Gasteiger partial charge in [0.15, 0.2) is 0 Å². The van der Waals surface area contributed by atoms with E-state index in [1.54, 1.807) is 0 Å². The van der Waals surface area contributed by atoms with Crippen LogP contribution in [0.4, 0.5) is 0 Å². The Labute approximate surface area is 411 Å². The van der Waals surface area contributed by atoms with Crippen LogP contribution >= 0.6 is 0 Å². The number of hydrogen-bond acceptors (Lipinski definition) is 8. The van der Waals surface area contributed by atoms with E-state index in [0.717, 1.165) is 51.4 Å². The average Bonchev–Trinajstić information content (AvgIpc) is 3.20. The number of carbonyl (C=O) groups is 8. The van der Waals surface area contributed by atoms with E-state index < -0.39 is 48.6 Å². The van der Waals surface area contributed by atoms with Crippen LogP contribution in [0.25, 0.3) is 0 Å². The Morgan fingerprint density at radius 2 is 0.485 bits per heavy atom. The van der Waals surface area contributed by atoms with Crippen molar-refractivity contribution in [2.45, 2.75) is 201 Å².